The van der Waals surface area contributed by atoms with Crippen LogP contribution in [-0.2, 0) is 13.6 Å². The standard InChI is InChI=1S/C21H26N4O/c1-24-18-8-5-7-17(22)21(18)23-20(24)14-25-12-10-15(11-13-25)16-6-3-4-9-19(16)26-2/h3-9,15H,10-14,22H2,1-2H3. The quantitative estimate of drug-likeness (QED) is 0.731. The number of nitrogens with two attached hydrogens (primary N) is 1. The minimum Gasteiger partial charge on any atom is -0.496 e. The summed E-state index contributed by atoms with van der Waals surface area (Å²) in [6.45, 7) is 3.01. The largest absolute Gasteiger partial charge is 0.496 e. The smallest absolute Gasteiger partial charge is 0.123 e. The molecule has 4 rings (SSSR count). The molecule has 0 radical (unpaired) electrons. The van der Waals surface area contributed by atoms with E-state index in [0.717, 1.165) is 60.8 Å². The number of methoxy groups -OCH3 is 1. The summed E-state index contributed by atoms with van der Waals surface area (Å²) in [4.78, 5) is 7.28. The second-order valence-corrected chi connectivity index (χ2v) is 7.09. The minimum absolute atomic E-state index is 0.568. The molecule has 5 heteroatoms. The first-order valence-electron chi connectivity index (χ1n) is 9.22. The number of ether oxygens (including phenoxy) is 1. The predicted octanol–water partition coefficient (Wildman–Crippen LogP) is 3.54. The van der Waals surface area contributed by atoms with Gasteiger partial charge in [-0.1, -0.05) is 24.3 Å². The summed E-state index contributed by atoms with van der Waals surface area (Å²) in [5.41, 5.74) is 10.2. The Balaban J connectivity index is 1.46. The molecule has 0 aliphatic carbocycles. The lowest BCUT2D eigenvalue weighted by Crippen LogP contribution is -2.33. The third-order valence-corrected chi connectivity index (χ3v) is 5.57. The fraction of sp³-hybridized carbons (Fsp3) is 0.381. The van der Waals surface area contributed by atoms with Crippen LogP contribution in [0.25, 0.3) is 11.0 Å². The average Bonchev–Trinajstić information content (AvgIpc) is 3.00. The summed E-state index contributed by atoms with van der Waals surface area (Å²) >= 11 is 0. The van der Waals surface area contributed by atoms with E-state index in [1.165, 1.54) is 5.56 Å². The van der Waals surface area contributed by atoms with E-state index in [2.05, 4.69) is 40.8 Å². The number of aryl methyl sites for hydroxylation is 1. The zero-order valence-corrected chi connectivity index (χ0v) is 15.5. The molecule has 5 nitrogen and oxygen atoms in total. The average molecular weight is 350 g/mol. The number of imidazole rings is 1. The second kappa shape index (κ2) is 7.00. The van der Waals surface area contributed by atoms with Crippen molar-refractivity contribution in [3.8, 4) is 5.75 Å². The Hall–Kier alpha value is -2.53. The molecule has 0 atom stereocenters. The van der Waals surface area contributed by atoms with Gasteiger partial charge >= 0.3 is 0 Å². The van der Waals surface area contributed by atoms with Crippen LogP contribution >= 0.6 is 0 Å². The van der Waals surface area contributed by atoms with Gasteiger partial charge < -0.3 is 15.0 Å². The van der Waals surface area contributed by atoms with Crippen LogP contribution in [0.15, 0.2) is 42.5 Å². The number of nitrogens with zero attached hydrogens (tertiary/aromatic N) is 3. The number of hydrogen-bond donors (Lipinski definition) is 1. The highest BCUT2D eigenvalue weighted by atomic mass is 16.5. The zero-order chi connectivity index (χ0) is 18.1. The molecule has 1 aromatic heterocycles. The second-order valence-electron chi connectivity index (χ2n) is 7.09. The van der Waals surface area contributed by atoms with Crippen molar-refractivity contribution < 1.29 is 4.74 Å². The fourth-order valence-electron chi connectivity index (χ4n) is 4.03. The van der Waals surface area contributed by atoms with Crippen LogP contribution in [0.5, 0.6) is 5.75 Å². The SMILES string of the molecule is COc1ccccc1C1CCN(Cc2nc3c(N)cccc3n2C)CC1. The zero-order valence-electron chi connectivity index (χ0n) is 15.5. The Bertz CT molecular complexity index is 910. The maximum absolute atomic E-state index is 6.08. The molecule has 0 bridgehead atoms. The molecule has 136 valence electrons. The molecule has 3 aromatic rings. The number of anilines is 1. The van der Waals surface area contributed by atoms with Gasteiger partial charge in [-0.25, -0.2) is 4.98 Å². The number of nitrogen functional groups attached to an aromatic ring is 1. The van der Waals surface area contributed by atoms with Crippen LogP contribution in [0.2, 0.25) is 0 Å². The van der Waals surface area contributed by atoms with Gasteiger partial charge in [-0.3, -0.25) is 4.90 Å². The van der Waals surface area contributed by atoms with Crippen molar-refractivity contribution in [2.24, 2.45) is 7.05 Å². The van der Waals surface area contributed by atoms with E-state index in [4.69, 9.17) is 15.5 Å². The number of benzene rings is 2. The number of aromatic nitrogens is 2. The Kier molecular flexibility index (Phi) is 4.55. The summed E-state index contributed by atoms with van der Waals surface area (Å²) in [6.07, 6.45) is 2.29. The molecule has 2 aromatic carbocycles. The van der Waals surface area contributed by atoms with Gasteiger partial charge in [0.2, 0.25) is 0 Å². The number of piperidine rings is 1. The fourth-order valence-corrected chi connectivity index (χ4v) is 4.03. The maximum atomic E-state index is 6.08. The summed E-state index contributed by atoms with van der Waals surface area (Å²) in [5.74, 6) is 2.66. The molecule has 1 fully saturated rings. The maximum Gasteiger partial charge on any atom is 0.123 e. The lowest BCUT2D eigenvalue weighted by atomic mass is 9.89. The van der Waals surface area contributed by atoms with Crippen LogP contribution in [0, 0.1) is 0 Å². The molecule has 0 amide bonds. The molecule has 0 spiro atoms. The summed E-state index contributed by atoms with van der Waals surface area (Å²) in [6, 6.07) is 14.4. The van der Waals surface area contributed by atoms with Gasteiger partial charge in [0.15, 0.2) is 0 Å². The van der Waals surface area contributed by atoms with Crippen molar-refractivity contribution >= 4 is 16.7 Å². The van der Waals surface area contributed by atoms with Crippen LogP contribution in [-0.4, -0.2) is 34.7 Å². The van der Waals surface area contributed by atoms with Gasteiger partial charge in [-0.15, -0.1) is 0 Å². The van der Waals surface area contributed by atoms with E-state index in [9.17, 15) is 0 Å². The highest BCUT2D eigenvalue weighted by Crippen LogP contribution is 2.34. The minimum atomic E-state index is 0.568. The van der Waals surface area contributed by atoms with Crippen molar-refractivity contribution in [1.29, 1.82) is 0 Å². The number of fused-ring (bicyclic) bond motifs is 1. The molecule has 2 N–H and O–H groups in total. The molecule has 2 heterocycles. The molecule has 1 aliphatic rings. The van der Waals surface area contributed by atoms with E-state index in [1.807, 2.05) is 18.2 Å². The van der Waals surface area contributed by atoms with Crippen LogP contribution in [0.3, 0.4) is 0 Å². The van der Waals surface area contributed by atoms with Gasteiger partial charge in [0.25, 0.3) is 0 Å². The Morgan fingerprint density at radius 2 is 1.88 bits per heavy atom. The van der Waals surface area contributed by atoms with Gasteiger partial charge in [0.05, 0.1) is 24.9 Å². The highest BCUT2D eigenvalue weighted by molar-refractivity contribution is 5.87. The van der Waals surface area contributed by atoms with Crippen molar-refractivity contribution in [2.75, 3.05) is 25.9 Å². The molecule has 1 aliphatic heterocycles. The van der Waals surface area contributed by atoms with Crippen LogP contribution in [0.1, 0.15) is 30.1 Å². The number of likely N-dealkylation sites (tertiary alicyclic amines) is 1. The van der Waals surface area contributed by atoms with Gasteiger partial charge in [0.1, 0.15) is 17.1 Å². The predicted molar refractivity (Wildman–Crippen MR) is 105 cm³/mol. The van der Waals surface area contributed by atoms with Gasteiger partial charge in [0, 0.05) is 7.05 Å². The van der Waals surface area contributed by atoms with Crippen molar-refractivity contribution in [2.45, 2.75) is 25.3 Å². The molecular weight excluding hydrogens is 324 g/mol. The Morgan fingerprint density at radius 3 is 2.62 bits per heavy atom. The molecule has 26 heavy (non-hydrogen) atoms. The van der Waals surface area contributed by atoms with Crippen LogP contribution in [0.4, 0.5) is 5.69 Å². The first-order chi connectivity index (χ1) is 12.7. The number of hydrogen-bond acceptors (Lipinski definition) is 4. The molecule has 0 unspecified atom stereocenters. The van der Waals surface area contributed by atoms with E-state index in [0.29, 0.717) is 5.92 Å². The van der Waals surface area contributed by atoms with E-state index in [-0.39, 0.29) is 0 Å². The first kappa shape index (κ1) is 16.9. The van der Waals surface area contributed by atoms with Gasteiger partial charge in [-0.05, 0) is 55.6 Å². The topological polar surface area (TPSA) is 56.3 Å². The van der Waals surface area contributed by atoms with E-state index < -0.39 is 0 Å². The third-order valence-electron chi connectivity index (χ3n) is 5.57. The molecular formula is C21H26N4O. The Morgan fingerprint density at radius 1 is 1.12 bits per heavy atom. The summed E-state index contributed by atoms with van der Waals surface area (Å²) in [5, 5.41) is 0. The summed E-state index contributed by atoms with van der Waals surface area (Å²) < 4.78 is 7.71. The van der Waals surface area contributed by atoms with Gasteiger partial charge in [-0.2, -0.15) is 0 Å². The lowest BCUT2D eigenvalue weighted by molar-refractivity contribution is 0.197. The normalized spacial score (nSPS) is 16.2. The molecule has 0 saturated carbocycles. The van der Waals surface area contributed by atoms with E-state index in [1.54, 1.807) is 7.11 Å². The third kappa shape index (κ3) is 3.03. The Labute approximate surface area is 154 Å². The first-order valence-corrected chi connectivity index (χ1v) is 9.22. The lowest BCUT2D eigenvalue weighted by Gasteiger charge is -2.32. The van der Waals surface area contributed by atoms with Crippen molar-refractivity contribution in [1.82, 2.24) is 14.5 Å². The molecule has 1 saturated heterocycles. The highest BCUT2D eigenvalue weighted by Gasteiger charge is 2.24. The van der Waals surface area contributed by atoms with Crippen LogP contribution < -0.4 is 10.5 Å². The van der Waals surface area contributed by atoms with E-state index >= 15 is 0 Å². The van der Waals surface area contributed by atoms with Crippen molar-refractivity contribution in [3.05, 3.63) is 53.9 Å². The summed E-state index contributed by atoms with van der Waals surface area (Å²) in [7, 11) is 3.83. The van der Waals surface area contributed by atoms with Crippen molar-refractivity contribution in [3.63, 3.8) is 0 Å². The number of rotatable bonds is 4. The number of para-hydroxylation sites is 2. The monoisotopic (exact) mass is 350 g/mol.